The predicted molar refractivity (Wildman–Crippen MR) is 83.5 cm³/mol. The van der Waals surface area contributed by atoms with E-state index in [4.69, 9.17) is 9.47 Å². The first-order chi connectivity index (χ1) is 10.7. The van der Waals surface area contributed by atoms with Crippen LogP contribution in [0.2, 0.25) is 0 Å². The van der Waals surface area contributed by atoms with Crippen molar-refractivity contribution in [2.24, 2.45) is 0 Å². The van der Waals surface area contributed by atoms with Gasteiger partial charge in [-0.15, -0.1) is 0 Å². The highest BCUT2D eigenvalue weighted by molar-refractivity contribution is 5.92. The van der Waals surface area contributed by atoms with Crippen molar-refractivity contribution in [2.75, 3.05) is 20.8 Å². The summed E-state index contributed by atoms with van der Waals surface area (Å²) in [5.41, 5.74) is 2.43. The molecular formula is C16H21N3O3. The number of aromatic amines is 1. The largest absolute Gasteiger partial charge is 0.493 e. The maximum absolute atomic E-state index is 11.9. The Morgan fingerprint density at radius 2 is 2.00 bits per heavy atom. The van der Waals surface area contributed by atoms with Crippen molar-refractivity contribution in [3.05, 3.63) is 41.2 Å². The number of nitrogens with zero attached hydrogens (tertiary/aromatic N) is 1. The number of rotatable bonds is 7. The Balaban J connectivity index is 1.89. The van der Waals surface area contributed by atoms with E-state index in [1.807, 2.05) is 25.1 Å². The molecule has 0 aliphatic rings. The molecule has 0 bridgehead atoms. The van der Waals surface area contributed by atoms with Gasteiger partial charge in [-0.1, -0.05) is 13.0 Å². The molecule has 0 unspecified atom stereocenters. The molecule has 6 nitrogen and oxygen atoms in total. The molecule has 2 rings (SSSR count). The van der Waals surface area contributed by atoms with Crippen LogP contribution in [0.25, 0.3) is 0 Å². The molecule has 6 heteroatoms. The number of hydrogen-bond donors (Lipinski definition) is 2. The van der Waals surface area contributed by atoms with Gasteiger partial charge >= 0.3 is 0 Å². The zero-order chi connectivity index (χ0) is 15.9. The van der Waals surface area contributed by atoms with Gasteiger partial charge in [-0.2, -0.15) is 5.10 Å². The smallest absolute Gasteiger partial charge is 0.271 e. The molecule has 1 heterocycles. The number of methoxy groups -OCH3 is 2. The number of H-pyrrole nitrogens is 1. The number of nitrogens with one attached hydrogen (secondary N) is 2. The third-order valence-electron chi connectivity index (χ3n) is 3.39. The molecule has 0 saturated heterocycles. The zero-order valence-electron chi connectivity index (χ0n) is 13.1. The van der Waals surface area contributed by atoms with E-state index in [1.54, 1.807) is 20.3 Å². The van der Waals surface area contributed by atoms with Gasteiger partial charge < -0.3 is 14.8 Å². The lowest BCUT2D eigenvalue weighted by molar-refractivity contribution is 0.0949. The number of carbonyl (C=O) groups excluding carboxylic acids is 1. The number of aryl methyl sites for hydroxylation is 1. The highest BCUT2D eigenvalue weighted by atomic mass is 16.5. The maximum Gasteiger partial charge on any atom is 0.271 e. The van der Waals surface area contributed by atoms with Crippen molar-refractivity contribution in [3.8, 4) is 11.5 Å². The van der Waals surface area contributed by atoms with Crippen molar-refractivity contribution in [2.45, 2.75) is 19.8 Å². The van der Waals surface area contributed by atoms with Gasteiger partial charge in [0.15, 0.2) is 11.5 Å². The minimum Gasteiger partial charge on any atom is -0.493 e. The van der Waals surface area contributed by atoms with Crippen molar-refractivity contribution >= 4 is 5.91 Å². The van der Waals surface area contributed by atoms with Crippen molar-refractivity contribution in [1.82, 2.24) is 15.5 Å². The standard InChI is InChI=1S/C16H21N3O3/c1-4-12-10-13(19-18-12)16(20)17-8-7-11-5-6-14(21-2)15(9-11)22-3/h5-6,9-10H,4,7-8H2,1-3H3,(H,17,20)(H,18,19). The quantitative estimate of drug-likeness (QED) is 0.820. The first-order valence-corrected chi connectivity index (χ1v) is 7.21. The minimum atomic E-state index is -0.170. The van der Waals surface area contributed by atoms with E-state index in [0.717, 1.165) is 17.7 Å². The maximum atomic E-state index is 11.9. The van der Waals surface area contributed by atoms with Gasteiger partial charge in [-0.3, -0.25) is 9.89 Å². The SMILES string of the molecule is CCc1cc(C(=O)NCCc2ccc(OC)c(OC)c2)n[nH]1. The van der Waals surface area contributed by atoms with Gasteiger partial charge in [-0.25, -0.2) is 0 Å². The molecule has 0 fully saturated rings. The van der Waals surface area contributed by atoms with E-state index in [9.17, 15) is 4.79 Å². The lowest BCUT2D eigenvalue weighted by atomic mass is 10.1. The van der Waals surface area contributed by atoms with Crippen LogP contribution in [0.15, 0.2) is 24.3 Å². The van der Waals surface area contributed by atoms with Gasteiger partial charge in [0.2, 0.25) is 0 Å². The van der Waals surface area contributed by atoms with E-state index in [0.29, 0.717) is 30.2 Å². The highest BCUT2D eigenvalue weighted by Gasteiger charge is 2.10. The van der Waals surface area contributed by atoms with Gasteiger partial charge in [0.05, 0.1) is 14.2 Å². The fourth-order valence-corrected chi connectivity index (χ4v) is 2.11. The van der Waals surface area contributed by atoms with Crippen LogP contribution in [0.1, 0.15) is 28.7 Å². The van der Waals surface area contributed by atoms with Crippen molar-refractivity contribution in [3.63, 3.8) is 0 Å². The number of benzene rings is 1. The van der Waals surface area contributed by atoms with E-state index >= 15 is 0 Å². The molecule has 2 N–H and O–H groups in total. The van der Waals surface area contributed by atoms with Crippen LogP contribution in [0.3, 0.4) is 0 Å². The first-order valence-electron chi connectivity index (χ1n) is 7.21. The van der Waals surface area contributed by atoms with Gasteiger partial charge in [-0.05, 0) is 36.6 Å². The lowest BCUT2D eigenvalue weighted by Gasteiger charge is -2.09. The number of amides is 1. The molecule has 1 aromatic carbocycles. The van der Waals surface area contributed by atoms with Crippen molar-refractivity contribution in [1.29, 1.82) is 0 Å². The number of carbonyl (C=O) groups is 1. The molecule has 0 saturated carbocycles. The van der Waals surface area contributed by atoms with Crippen LogP contribution in [0, 0.1) is 0 Å². The number of ether oxygens (including phenoxy) is 2. The third-order valence-corrected chi connectivity index (χ3v) is 3.39. The number of hydrogen-bond acceptors (Lipinski definition) is 4. The highest BCUT2D eigenvalue weighted by Crippen LogP contribution is 2.27. The summed E-state index contributed by atoms with van der Waals surface area (Å²) in [4.78, 5) is 11.9. The summed E-state index contributed by atoms with van der Waals surface area (Å²) in [5.74, 6) is 1.21. The second-order valence-corrected chi connectivity index (χ2v) is 4.83. The summed E-state index contributed by atoms with van der Waals surface area (Å²) in [5, 5.41) is 9.68. The van der Waals surface area contributed by atoms with Crippen LogP contribution in [-0.2, 0) is 12.8 Å². The summed E-state index contributed by atoms with van der Waals surface area (Å²) in [6.45, 7) is 2.54. The van der Waals surface area contributed by atoms with Gasteiger partial charge in [0.25, 0.3) is 5.91 Å². The predicted octanol–water partition coefficient (Wildman–Crippen LogP) is 1.96. The Kier molecular flexibility index (Phi) is 5.41. The summed E-state index contributed by atoms with van der Waals surface area (Å²) in [6, 6.07) is 7.49. The summed E-state index contributed by atoms with van der Waals surface area (Å²) in [7, 11) is 3.21. The molecule has 22 heavy (non-hydrogen) atoms. The summed E-state index contributed by atoms with van der Waals surface area (Å²) in [6.07, 6.45) is 1.53. The van der Waals surface area contributed by atoms with Gasteiger partial charge in [0, 0.05) is 12.2 Å². The molecule has 0 aliphatic heterocycles. The summed E-state index contributed by atoms with van der Waals surface area (Å²) < 4.78 is 10.5. The molecule has 0 aliphatic carbocycles. The van der Waals surface area contributed by atoms with Crippen molar-refractivity contribution < 1.29 is 14.3 Å². The van der Waals surface area contributed by atoms with E-state index in [-0.39, 0.29) is 5.91 Å². The molecule has 0 radical (unpaired) electrons. The Hall–Kier alpha value is -2.50. The second kappa shape index (κ2) is 7.49. The van der Waals surface area contributed by atoms with E-state index in [1.165, 1.54) is 0 Å². The Labute approximate surface area is 129 Å². The minimum absolute atomic E-state index is 0.170. The fraction of sp³-hybridized carbons (Fsp3) is 0.375. The first kappa shape index (κ1) is 15.9. The topological polar surface area (TPSA) is 76.2 Å². The normalized spacial score (nSPS) is 10.3. The number of aromatic nitrogens is 2. The Morgan fingerprint density at radius 1 is 1.23 bits per heavy atom. The van der Waals surface area contributed by atoms with Crippen LogP contribution >= 0.6 is 0 Å². The average molecular weight is 303 g/mol. The molecule has 0 spiro atoms. The Morgan fingerprint density at radius 3 is 2.64 bits per heavy atom. The molecule has 118 valence electrons. The molecule has 0 atom stereocenters. The van der Waals surface area contributed by atoms with Crippen LogP contribution in [0.4, 0.5) is 0 Å². The van der Waals surface area contributed by atoms with Gasteiger partial charge in [0.1, 0.15) is 5.69 Å². The molecule has 2 aromatic rings. The Bertz CT molecular complexity index is 637. The van der Waals surface area contributed by atoms with Crippen LogP contribution < -0.4 is 14.8 Å². The van der Waals surface area contributed by atoms with E-state index in [2.05, 4.69) is 15.5 Å². The summed E-state index contributed by atoms with van der Waals surface area (Å²) >= 11 is 0. The zero-order valence-corrected chi connectivity index (χ0v) is 13.1. The lowest BCUT2D eigenvalue weighted by Crippen LogP contribution is -2.26. The monoisotopic (exact) mass is 303 g/mol. The fourth-order valence-electron chi connectivity index (χ4n) is 2.11. The third kappa shape index (κ3) is 3.78. The molecule has 1 aromatic heterocycles. The van der Waals surface area contributed by atoms with E-state index < -0.39 is 0 Å². The second-order valence-electron chi connectivity index (χ2n) is 4.83. The van der Waals surface area contributed by atoms with Crippen LogP contribution in [-0.4, -0.2) is 36.9 Å². The molecular weight excluding hydrogens is 282 g/mol. The van der Waals surface area contributed by atoms with Crippen LogP contribution in [0.5, 0.6) is 11.5 Å². The molecule has 1 amide bonds. The average Bonchev–Trinajstić information content (AvgIpc) is 3.03.